The lowest BCUT2D eigenvalue weighted by Crippen LogP contribution is -2.22. The molecule has 9 heteroatoms. The Hall–Kier alpha value is -2.13. The number of nitrogens with zero attached hydrogens (tertiary/aromatic N) is 2. The van der Waals surface area contributed by atoms with E-state index in [2.05, 4.69) is 0 Å². The Bertz CT molecular complexity index is 686. The van der Waals surface area contributed by atoms with Crippen molar-refractivity contribution in [1.82, 2.24) is 4.90 Å². The number of carbonyl (C=O) groups is 1. The van der Waals surface area contributed by atoms with Crippen molar-refractivity contribution >= 4 is 46.0 Å². The van der Waals surface area contributed by atoms with E-state index in [4.69, 9.17) is 17.0 Å². The molecule has 1 aromatic rings. The van der Waals surface area contributed by atoms with E-state index >= 15 is 0 Å². The lowest BCUT2D eigenvalue weighted by atomic mass is 10.1. The van der Waals surface area contributed by atoms with Gasteiger partial charge in [0, 0.05) is 18.9 Å². The molecule has 1 aliphatic heterocycles. The minimum atomic E-state index is -0.803. The van der Waals surface area contributed by atoms with Crippen LogP contribution in [-0.4, -0.2) is 34.2 Å². The molecule has 0 bridgehead atoms. The summed E-state index contributed by atoms with van der Waals surface area (Å²) in [4.78, 5) is 23.6. The van der Waals surface area contributed by atoms with Gasteiger partial charge in [-0.3, -0.25) is 19.8 Å². The highest BCUT2D eigenvalue weighted by Gasteiger charge is 2.28. The predicted molar refractivity (Wildman–Crippen MR) is 80.0 cm³/mol. The molecular formula is C12H9N2O5S2-. The Morgan fingerprint density at radius 1 is 1.48 bits per heavy atom. The van der Waals surface area contributed by atoms with Crippen molar-refractivity contribution in [2.24, 2.45) is 0 Å². The van der Waals surface area contributed by atoms with Gasteiger partial charge in [0.15, 0.2) is 0 Å². The maximum Gasteiger partial charge on any atom is 0.266 e. The lowest BCUT2D eigenvalue weighted by Gasteiger charge is -2.13. The fourth-order valence-corrected chi connectivity index (χ4v) is 2.86. The van der Waals surface area contributed by atoms with Crippen LogP contribution in [0.4, 0.5) is 5.69 Å². The Morgan fingerprint density at radius 2 is 2.14 bits per heavy atom. The molecule has 1 amide bonds. The zero-order valence-corrected chi connectivity index (χ0v) is 12.6. The van der Waals surface area contributed by atoms with Crippen molar-refractivity contribution in [2.75, 3.05) is 14.2 Å². The zero-order valence-electron chi connectivity index (χ0n) is 11.0. The molecule has 110 valence electrons. The second-order valence-electron chi connectivity index (χ2n) is 4.07. The molecule has 0 saturated carbocycles. The summed E-state index contributed by atoms with van der Waals surface area (Å²) >= 11 is 6.08. The minimum Gasteiger partial charge on any atom is -0.865 e. The Kier molecular flexibility index (Phi) is 4.14. The number of hydrogen-bond donors (Lipinski definition) is 0. The van der Waals surface area contributed by atoms with Gasteiger partial charge in [0.05, 0.1) is 16.9 Å². The largest absolute Gasteiger partial charge is 0.865 e. The van der Waals surface area contributed by atoms with Gasteiger partial charge in [0.2, 0.25) is 0 Å². The first-order chi connectivity index (χ1) is 9.85. The number of benzene rings is 1. The lowest BCUT2D eigenvalue weighted by molar-refractivity contribution is -0.398. The first-order valence-electron chi connectivity index (χ1n) is 5.60. The van der Waals surface area contributed by atoms with Crippen LogP contribution in [0.5, 0.6) is 11.5 Å². The quantitative estimate of drug-likeness (QED) is 0.360. The molecule has 1 fully saturated rings. The van der Waals surface area contributed by atoms with E-state index in [0.717, 1.165) is 17.8 Å². The summed E-state index contributed by atoms with van der Waals surface area (Å²) in [6.07, 6.45) is 1.44. The molecule has 21 heavy (non-hydrogen) atoms. The van der Waals surface area contributed by atoms with E-state index < -0.39 is 16.4 Å². The number of thiocarbonyl (C=S) groups is 1. The fourth-order valence-electron chi connectivity index (χ4n) is 1.68. The van der Waals surface area contributed by atoms with Crippen LogP contribution in [0.1, 0.15) is 5.56 Å². The molecule has 0 radical (unpaired) electrons. The number of carbonyl (C=O) groups excluding carboxylic acids is 1. The van der Waals surface area contributed by atoms with Crippen LogP contribution in [0.2, 0.25) is 0 Å². The van der Waals surface area contributed by atoms with E-state index in [1.807, 2.05) is 0 Å². The maximum atomic E-state index is 11.9. The second-order valence-corrected chi connectivity index (χ2v) is 5.75. The number of likely N-dealkylation sites (N-methyl/N-ethyl adjacent to an activating group) is 1. The summed E-state index contributed by atoms with van der Waals surface area (Å²) in [5.74, 6) is -1.25. The smallest absolute Gasteiger partial charge is 0.266 e. The van der Waals surface area contributed by atoms with Gasteiger partial charge in [-0.2, -0.15) is 0 Å². The second kappa shape index (κ2) is 5.70. The van der Waals surface area contributed by atoms with E-state index in [1.54, 1.807) is 7.05 Å². The maximum absolute atomic E-state index is 11.9. The van der Waals surface area contributed by atoms with E-state index in [-0.39, 0.29) is 11.7 Å². The van der Waals surface area contributed by atoms with Crippen LogP contribution >= 0.6 is 24.0 Å². The molecule has 0 unspecified atom stereocenters. The highest BCUT2D eigenvalue weighted by molar-refractivity contribution is 8.26. The molecule has 1 saturated heterocycles. The number of amides is 1. The first kappa shape index (κ1) is 15.3. The average molecular weight is 325 g/mol. The molecule has 0 aromatic heterocycles. The summed E-state index contributed by atoms with van der Waals surface area (Å²) in [7, 11) is 2.79. The highest BCUT2D eigenvalue weighted by Crippen LogP contribution is 2.37. The van der Waals surface area contributed by atoms with Crippen LogP contribution in [0, 0.1) is 10.1 Å². The van der Waals surface area contributed by atoms with Crippen molar-refractivity contribution in [3.05, 3.63) is 32.7 Å². The number of hydrogen-bond acceptors (Lipinski definition) is 7. The van der Waals surface area contributed by atoms with Crippen LogP contribution < -0.4 is 9.84 Å². The fraction of sp³-hybridized carbons (Fsp3) is 0.167. The van der Waals surface area contributed by atoms with Crippen molar-refractivity contribution in [2.45, 2.75) is 0 Å². The van der Waals surface area contributed by atoms with Crippen LogP contribution in [0.15, 0.2) is 17.0 Å². The van der Waals surface area contributed by atoms with Crippen LogP contribution in [0.3, 0.4) is 0 Å². The number of ether oxygens (including phenoxy) is 1. The van der Waals surface area contributed by atoms with Crippen molar-refractivity contribution in [1.29, 1.82) is 0 Å². The third-order valence-electron chi connectivity index (χ3n) is 2.76. The normalized spacial score (nSPS) is 16.7. The summed E-state index contributed by atoms with van der Waals surface area (Å²) in [5, 5.41) is 22.6. The van der Waals surface area contributed by atoms with Gasteiger partial charge in [0.1, 0.15) is 10.1 Å². The summed E-state index contributed by atoms with van der Waals surface area (Å²) in [6, 6.07) is 2.45. The summed E-state index contributed by atoms with van der Waals surface area (Å²) < 4.78 is 5.23. The average Bonchev–Trinajstić information content (AvgIpc) is 2.67. The summed E-state index contributed by atoms with van der Waals surface area (Å²) in [6.45, 7) is 0. The molecule has 1 aliphatic rings. The van der Waals surface area contributed by atoms with Crippen molar-refractivity contribution < 1.29 is 19.6 Å². The molecule has 0 aliphatic carbocycles. The van der Waals surface area contributed by atoms with Crippen molar-refractivity contribution in [3.63, 3.8) is 0 Å². The molecular weight excluding hydrogens is 316 g/mol. The Morgan fingerprint density at radius 3 is 2.62 bits per heavy atom. The Labute approximate surface area is 129 Å². The van der Waals surface area contributed by atoms with Crippen molar-refractivity contribution in [3.8, 4) is 11.5 Å². The Balaban J connectivity index is 2.51. The standard InChI is InChI=1S/C12H10N2O5S2/c1-13-11(16)9(21-12(13)20)5-6-3-7(14(17)18)10(15)8(4-6)19-2/h3-5,15H,1-2H3/p-1/b9-5+. The van der Waals surface area contributed by atoms with E-state index in [9.17, 15) is 20.0 Å². The van der Waals surface area contributed by atoms with Gasteiger partial charge in [0.25, 0.3) is 11.6 Å². The highest BCUT2D eigenvalue weighted by atomic mass is 32.2. The number of nitro groups is 1. The topological polar surface area (TPSA) is 95.7 Å². The van der Waals surface area contributed by atoms with Crippen LogP contribution in [-0.2, 0) is 4.79 Å². The number of rotatable bonds is 3. The molecule has 2 rings (SSSR count). The van der Waals surface area contributed by atoms with Gasteiger partial charge in [-0.05, 0) is 17.7 Å². The number of thioether (sulfide) groups is 1. The molecule has 1 heterocycles. The molecule has 0 atom stereocenters. The summed E-state index contributed by atoms with van der Waals surface area (Å²) in [5.41, 5.74) is -0.278. The molecule has 1 aromatic carbocycles. The van der Waals surface area contributed by atoms with E-state index in [0.29, 0.717) is 14.8 Å². The molecule has 0 spiro atoms. The van der Waals surface area contributed by atoms with Gasteiger partial charge in [-0.25, -0.2) is 0 Å². The predicted octanol–water partition coefficient (Wildman–Crippen LogP) is 1.51. The van der Waals surface area contributed by atoms with Gasteiger partial charge >= 0.3 is 0 Å². The third kappa shape index (κ3) is 2.83. The SMILES string of the molecule is COc1cc(/C=C2/SC(=S)N(C)C2=O)cc([N+](=O)[O-])c1[O-]. The zero-order chi connectivity index (χ0) is 15.7. The van der Waals surface area contributed by atoms with E-state index in [1.165, 1.54) is 24.2 Å². The molecule has 7 nitrogen and oxygen atoms in total. The first-order valence-corrected chi connectivity index (χ1v) is 6.82. The number of nitro benzene ring substituents is 1. The third-order valence-corrected chi connectivity index (χ3v) is 4.24. The minimum absolute atomic E-state index is 0.151. The van der Waals surface area contributed by atoms with Crippen LogP contribution in [0.25, 0.3) is 6.08 Å². The van der Waals surface area contributed by atoms with Gasteiger partial charge < -0.3 is 9.84 Å². The monoisotopic (exact) mass is 325 g/mol. The van der Waals surface area contributed by atoms with Gasteiger partial charge in [-0.15, -0.1) is 0 Å². The van der Waals surface area contributed by atoms with Gasteiger partial charge in [-0.1, -0.05) is 24.0 Å². The molecule has 0 N–H and O–H groups in total. The number of methoxy groups -OCH3 is 1.